The van der Waals surface area contributed by atoms with Gasteiger partial charge in [0.1, 0.15) is 5.60 Å². The van der Waals surface area contributed by atoms with Gasteiger partial charge in [0, 0.05) is 0 Å². The van der Waals surface area contributed by atoms with Gasteiger partial charge in [-0.15, -0.1) is 0 Å². The van der Waals surface area contributed by atoms with Gasteiger partial charge in [0.15, 0.2) is 6.10 Å². The van der Waals surface area contributed by atoms with E-state index in [4.69, 9.17) is 4.74 Å². The molecule has 12 heavy (non-hydrogen) atoms. The van der Waals surface area contributed by atoms with Crippen LogP contribution in [0, 0.1) is 5.92 Å². The first-order valence-corrected chi connectivity index (χ1v) is 4.34. The molecule has 2 atom stereocenters. The molecule has 3 heteroatoms. The van der Waals surface area contributed by atoms with Crippen LogP contribution in [-0.4, -0.2) is 24.8 Å². The third-order valence-corrected chi connectivity index (χ3v) is 2.67. The number of hydrogen-bond donors (Lipinski definition) is 0. The molecule has 0 radical (unpaired) electrons. The van der Waals surface area contributed by atoms with E-state index in [0.29, 0.717) is 5.92 Å². The Morgan fingerprint density at radius 3 is 2.50 bits per heavy atom. The highest BCUT2D eigenvalue weighted by Crippen LogP contribution is 2.46. The molecule has 1 aliphatic heterocycles. The molecule has 0 aromatic heterocycles. The van der Waals surface area contributed by atoms with Crippen LogP contribution >= 0.6 is 0 Å². The van der Waals surface area contributed by atoms with Crippen molar-refractivity contribution < 1.29 is 14.3 Å². The summed E-state index contributed by atoms with van der Waals surface area (Å²) in [6.07, 6.45) is 0.539. The van der Waals surface area contributed by atoms with Gasteiger partial charge in [0.25, 0.3) is 0 Å². The van der Waals surface area contributed by atoms with E-state index in [1.54, 1.807) is 0 Å². The van der Waals surface area contributed by atoms with E-state index in [1.807, 2.05) is 6.92 Å². The zero-order valence-electron chi connectivity index (χ0n) is 8.09. The van der Waals surface area contributed by atoms with Gasteiger partial charge in [-0.1, -0.05) is 20.8 Å². The molecule has 1 saturated heterocycles. The van der Waals surface area contributed by atoms with E-state index < -0.39 is 0 Å². The van der Waals surface area contributed by atoms with Gasteiger partial charge in [-0.2, -0.15) is 0 Å². The smallest absolute Gasteiger partial charge is 0.338 e. The Balaban J connectivity index is 2.61. The van der Waals surface area contributed by atoms with E-state index in [1.165, 1.54) is 7.11 Å². The van der Waals surface area contributed by atoms with E-state index in [9.17, 15) is 4.79 Å². The second kappa shape index (κ2) is 3.05. The lowest BCUT2D eigenvalue weighted by Crippen LogP contribution is -2.26. The number of hydrogen-bond acceptors (Lipinski definition) is 3. The van der Waals surface area contributed by atoms with E-state index >= 15 is 0 Å². The Bertz CT molecular complexity index is 188. The highest BCUT2D eigenvalue weighted by Gasteiger charge is 2.61. The minimum atomic E-state index is -0.326. The molecule has 0 amide bonds. The Hall–Kier alpha value is -0.570. The maximum absolute atomic E-state index is 11.1. The zero-order chi connectivity index (χ0) is 9.35. The largest absolute Gasteiger partial charge is 0.467 e. The summed E-state index contributed by atoms with van der Waals surface area (Å²) in [4.78, 5) is 11.1. The standard InChI is InChI=1S/C9H16O3/c1-5-9(6(2)3)7(12-9)8(10)11-4/h6-7H,5H2,1-4H3. The number of rotatable bonds is 3. The van der Waals surface area contributed by atoms with Gasteiger partial charge in [-0.3, -0.25) is 0 Å². The molecule has 70 valence electrons. The average Bonchev–Trinajstić information content (AvgIpc) is 2.78. The Kier molecular flexibility index (Phi) is 2.42. The molecule has 1 fully saturated rings. The molecule has 0 N–H and O–H groups in total. The summed E-state index contributed by atoms with van der Waals surface area (Å²) in [5.41, 5.74) is -0.243. The number of carbonyl (C=O) groups is 1. The first kappa shape index (κ1) is 9.52. The number of ether oxygens (including phenoxy) is 2. The second-order valence-electron chi connectivity index (χ2n) is 3.48. The lowest BCUT2D eigenvalue weighted by molar-refractivity contribution is -0.142. The van der Waals surface area contributed by atoms with E-state index in [0.717, 1.165) is 6.42 Å². The Labute approximate surface area is 73.0 Å². The van der Waals surface area contributed by atoms with Crippen molar-refractivity contribution >= 4 is 5.97 Å². The average molecular weight is 172 g/mol. The Morgan fingerprint density at radius 1 is 1.67 bits per heavy atom. The van der Waals surface area contributed by atoms with Crippen molar-refractivity contribution in [3.05, 3.63) is 0 Å². The number of carbonyl (C=O) groups excluding carboxylic acids is 1. The maximum atomic E-state index is 11.1. The van der Waals surface area contributed by atoms with Crippen LogP contribution in [0.1, 0.15) is 27.2 Å². The van der Waals surface area contributed by atoms with Gasteiger partial charge in [-0.05, 0) is 12.3 Å². The molecule has 0 aromatic rings. The van der Waals surface area contributed by atoms with Crippen LogP contribution < -0.4 is 0 Å². The third kappa shape index (κ3) is 1.22. The normalized spacial score (nSPS) is 33.6. The van der Waals surface area contributed by atoms with Crippen molar-refractivity contribution in [3.8, 4) is 0 Å². The van der Waals surface area contributed by atoms with Crippen LogP contribution in [0.4, 0.5) is 0 Å². The summed E-state index contributed by atoms with van der Waals surface area (Å²) in [6.45, 7) is 6.15. The molecule has 0 spiro atoms. The summed E-state index contributed by atoms with van der Waals surface area (Å²) in [5.74, 6) is 0.122. The molecule has 2 unspecified atom stereocenters. The molecule has 1 rings (SSSR count). The summed E-state index contributed by atoms with van der Waals surface area (Å²) in [6, 6.07) is 0. The lowest BCUT2D eigenvalue weighted by atomic mass is 9.89. The Morgan fingerprint density at radius 2 is 2.25 bits per heavy atom. The molecular formula is C9H16O3. The topological polar surface area (TPSA) is 38.8 Å². The SMILES string of the molecule is CCC1(C(C)C)OC1C(=O)OC. The fourth-order valence-electron chi connectivity index (χ4n) is 1.66. The monoisotopic (exact) mass is 172 g/mol. The minimum absolute atomic E-state index is 0.243. The molecule has 0 bridgehead atoms. The third-order valence-electron chi connectivity index (χ3n) is 2.67. The molecule has 1 heterocycles. The predicted octanol–water partition coefficient (Wildman–Crippen LogP) is 1.36. The minimum Gasteiger partial charge on any atom is -0.467 e. The van der Waals surface area contributed by atoms with Crippen LogP contribution in [0.5, 0.6) is 0 Å². The summed E-state index contributed by atoms with van der Waals surface area (Å²) in [7, 11) is 1.39. The number of methoxy groups -OCH3 is 1. The van der Waals surface area contributed by atoms with Crippen molar-refractivity contribution in [1.29, 1.82) is 0 Å². The maximum Gasteiger partial charge on any atom is 0.338 e. The van der Waals surface area contributed by atoms with Crippen LogP contribution in [0.25, 0.3) is 0 Å². The van der Waals surface area contributed by atoms with E-state index in [2.05, 4.69) is 18.6 Å². The van der Waals surface area contributed by atoms with Crippen LogP contribution in [0.2, 0.25) is 0 Å². The summed E-state index contributed by atoms with van der Waals surface area (Å²) >= 11 is 0. The summed E-state index contributed by atoms with van der Waals surface area (Å²) in [5, 5.41) is 0. The van der Waals surface area contributed by atoms with Crippen LogP contribution in [0.15, 0.2) is 0 Å². The first-order valence-electron chi connectivity index (χ1n) is 4.34. The molecule has 0 aliphatic carbocycles. The summed E-state index contributed by atoms with van der Waals surface area (Å²) < 4.78 is 10.0. The molecule has 3 nitrogen and oxygen atoms in total. The molecule has 0 saturated carbocycles. The number of esters is 1. The molecule has 1 aliphatic rings. The van der Waals surface area contributed by atoms with Gasteiger partial charge >= 0.3 is 5.97 Å². The predicted molar refractivity (Wildman–Crippen MR) is 44.7 cm³/mol. The molecule has 0 aromatic carbocycles. The van der Waals surface area contributed by atoms with Gasteiger partial charge in [0.2, 0.25) is 0 Å². The van der Waals surface area contributed by atoms with Crippen molar-refractivity contribution in [2.75, 3.05) is 7.11 Å². The van der Waals surface area contributed by atoms with E-state index in [-0.39, 0.29) is 17.7 Å². The quantitative estimate of drug-likeness (QED) is 0.476. The van der Waals surface area contributed by atoms with Crippen molar-refractivity contribution in [3.63, 3.8) is 0 Å². The van der Waals surface area contributed by atoms with Gasteiger partial charge in [0.05, 0.1) is 7.11 Å². The van der Waals surface area contributed by atoms with Crippen molar-refractivity contribution in [1.82, 2.24) is 0 Å². The second-order valence-corrected chi connectivity index (χ2v) is 3.48. The molecular weight excluding hydrogens is 156 g/mol. The highest BCUT2D eigenvalue weighted by molar-refractivity contribution is 5.79. The van der Waals surface area contributed by atoms with Crippen molar-refractivity contribution in [2.24, 2.45) is 5.92 Å². The zero-order valence-corrected chi connectivity index (χ0v) is 8.09. The van der Waals surface area contributed by atoms with Crippen LogP contribution in [0.3, 0.4) is 0 Å². The fourth-order valence-corrected chi connectivity index (χ4v) is 1.66. The van der Waals surface area contributed by atoms with Crippen molar-refractivity contribution in [2.45, 2.75) is 38.9 Å². The first-order chi connectivity index (χ1) is 5.58. The number of epoxide rings is 1. The lowest BCUT2D eigenvalue weighted by Gasteiger charge is -2.13. The van der Waals surface area contributed by atoms with Gasteiger partial charge in [-0.25, -0.2) is 4.79 Å². The highest BCUT2D eigenvalue weighted by atomic mass is 16.7. The van der Waals surface area contributed by atoms with Gasteiger partial charge < -0.3 is 9.47 Å². The van der Waals surface area contributed by atoms with Crippen LogP contribution in [-0.2, 0) is 14.3 Å². The fraction of sp³-hybridized carbons (Fsp3) is 0.889.